The fourth-order valence-corrected chi connectivity index (χ4v) is 2.50. The van der Waals surface area contributed by atoms with E-state index in [4.69, 9.17) is 11.6 Å². The number of halogens is 1. The lowest BCUT2D eigenvalue weighted by molar-refractivity contribution is 0.590. The molecule has 2 aromatic rings. The lowest BCUT2D eigenvalue weighted by atomic mass is 9.86. The van der Waals surface area contributed by atoms with E-state index in [1.54, 1.807) is 0 Å². The summed E-state index contributed by atoms with van der Waals surface area (Å²) in [6.45, 7) is 10.6. The van der Waals surface area contributed by atoms with Crippen molar-refractivity contribution in [1.82, 2.24) is 5.32 Å². The number of nitrogens with one attached hydrogen (secondary N) is 1. The van der Waals surface area contributed by atoms with Crippen LogP contribution in [0.5, 0.6) is 0 Å². The number of benzene rings is 2. The minimum atomic E-state index is 0.189. The van der Waals surface area contributed by atoms with Crippen LogP contribution in [0.4, 0.5) is 0 Å². The monoisotopic (exact) mass is 301 g/mol. The molecule has 2 rings (SSSR count). The highest BCUT2D eigenvalue weighted by molar-refractivity contribution is 6.31. The van der Waals surface area contributed by atoms with Gasteiger partial charge >= 0.3 is 0 Å². The van der Waals surface area contributed by atoms with Gasteiger partial charge in [0.05, 0.1) is 0 Å². The van der Waals surface area contributed by atoms with E-state index in [2.05, 4.69) is 69.4 Å². The van der Waals surface area contributed by atoms with Crippen molar-refractivity contribution in [3.8, 4) is 11.1 Å². The van der Waals surface area contributed by atoms with Gasteiger partial charge in [-0.15, -0.1) is 0 Å². The third kappa shape index (κ3) is 4.09. The van der Waals surface area contributed by atoms with E-state index in [0.29, 0.717) is 0 Å². The largest absolute Gasteiger partial charge is 0.313 e. The fourth-order valence-electron chi connectivity index (χ4n) is 2.31. The first-order valence-corrected chi connectivity index (χ1v) is 7.89. The van der Waals surface area contributed by atoms with Crippen molar-refractivity contribution < 1.29 is 0 Å². The second-order valence-corrected chi connectivity index (χ2v) is 6.82. The number of rotatable bonds is 4. The van der Waals surface area contributed by atoms with Gasteiger partial charge < -0.3 is 5.32 Å². The van der Waals surface area contributed by atoms with Crippen molar-refractivity contribution in [1.29, 1.82) is 0 Å². The van der Waals surface area contributed by atoms with Crippen molar-refractivity contribution in [2.45, 2.75) is 39.7 Å². The molecule has 21 heavy (non-hydrogen) atoms. The van der Waals surface area contributed by atoms with Gasteiger partial charge in [-0.25, -0.2) is 0 Å². The minimum absolute atomic E-state index is 0.189. The lowest BCUT2D eigenvalue weighted by Gasteiger charge is -2.19. The first-order valence-electron chi connectivity index (χ1n) is 7.52. The van der Waals surface area contributed by atoms with Crippen molar-refractivity contribution in [2.75, 3.05) is 6.54 Å². The molecule has 0 spiro atoms. The van der Waals surface area contributed by atoms with Crippen LogP contribution in [-0.4, -0.2) is 6.54 Å². The van der Waals surface area contributed by atoms with Gasteiger partial charge in [0.15, 0.2) is 0 Å². The van der Waals surface area contributed by atoms with Gasteiger partial charge in [-0.3, -0.25) is 0 Å². The molecular formula is C19H24ClN. The number of hydrogen-bond acceptors (Lipinski definition) is 1. The zero-order valence-electron chi connectivity index (χ0n) is 13.3. The second-order valence-electron chi connectivity index (χ2n) is 6.41. The van der Waals surface area contributed by atoms with Crippen LogP contribution in [0.1, 0.15) is 38.8 Å². The Hall–Kier alpha value is -1.31. The smallest absolute Gasteiger partial charge is 0.0451 e. The van der Waals surface area contributed by atoms with E-state index in [0.717, 1.165) is 23.7 Å². The molecular weight excluding hydrogens is 278 g/mol. The Kier molecular flexibility index (Phi) is 5.08. The van der Waals surface area contributed by atoms with E-state index in [9.17, 15) is 0 Å². The molecule has 1 N–H and O–H groups in total. The molecule has 0 aromatic heterocycles. The molecule has 0 bridgehead atoms. The molecule has 0 amide bonds. The average molecular weight is 302 g/mol. The van der Waals surface area contributed by atoms with E-state index >= 15 is 0 Å². The van der Waals surface area contributed by atoms with E-state index in [1.165, 1.54) is 16.7 Å². The Bertz CT molecular complexity index is 594. The average Bonchev–Trinajstić information content (AvgIpc) is 2.46. The topological polar surface area (TPSA) is 12.0 Å². The quantitative estimate of drug-likeness (QED) is 0.795. The molecule has 0 aliphatic rings. The SMILES string of the molecule is CCNCc1cc(-c2ccc(C(C)(C)C)cc2)ccc1Cl. The maximum absolute atomic E-state index is 6.26. The van der Waals surface area contributed by atoms with Crippen LogP contribution in [-0.2, 0) is 12.0 Å². The Morgan fingerprint density at radius 3 is 2.14 bits per heavy atom. The Balaban J connectivity index is 2.29. The van der Waals surface area contributed by atoms with Gasteiger partial charge in [-0.1, -0.05) is 69.6 Å². The lowest BCUT2D eigenvalue weighted by Crippen LogP contribution is -2.12. The van der Waals surface area contributed by atoms with Crippen LogP contribution < -0.4 is 5.32 Å². The maximum Gasteiger partial charge on any atom is 0.0451 e. The van der Waals surface area contributed by atoms with Crippen LogP contribution in [0.3, 0.4) is 0 Å². The van der Waals surface area contributed by atoms with Crippen LogP contribution in [0, 0.1) is 0 Å². The summed E-state index contributed by atoms with van der Waals surface area (Å²) in [4.78, 5) is 0. The maximum atomic E-state index is 6.26. The molecule has 0 heterocycles. The summed E-state index contributed by atoms with van der Waals surface area (Å²) in [6, 6.07) is 15.1. The Morgan fingerprint density at radius 2 is 1.57 bits per heavy atom. The summed E-state index contributed by atoms with van der Waals surface area (Å²) in [5.74, 6) is 0. The van der Waals surface area contributed by atoms with Gasteiger partial charge in [0, 0.05) is 11.6 Å². The van der Waals surface area contributed by atoms with Crippen LogP contribution in [0.25, 0.3) is 11.1 Å². The van der Waals surface area contributed by atoms with Gasteiger partial charge in [-0.2, -0.15) is 0 Å². The summed E-state index contributed by atoms with van der Waals surface area (Å²) in [7, 11) is 0. The molecule has 2 heteroatoms. The summed E-state index contributed by atoms with van der Waals surface area (Å²) in [6.07, 6.45) is 0. The van der Waals surface area contributed by atoms with Gasteiger partial charge in [0.1, 0.15) is 0 Å². The van der Waals surface area contributed by atoms with Crippen LogP contribution in [0.15, 0.2) is 42.5 Å². The molecule has 0 aliphatic carbocycles. The molecule has 0 saturated heterocycles. The van der Waals surface area contributed by atoms with E-state index in [1.807, 2.05) is 6.07 Å². The summed E-state index contributed by atoms with van der Waals surface area (Å²) >= 11 is 6.26. The van der Waals surface area contributed by atoms with Crippen molar-refractivity contribution in [3.05, 3.63) is 58.6 Å². The molecule has 2 aromatic carbocycles. The normalized spacial score (nSPS) is 11.7. The number of hydrogen-bond donors (Lipinski definition) is 1. The van der Waals surface area contributed by atoms with E-state index in [-0.39, 0.29) is 5.41 Å². The highest BCUT2D eigenvalue weighted by atomic mass is 35.5. The first-order chi connectivity index (χ1) is 9.91. The molecule has 0 fully saturated rings. The molecule has 0 saturated carbocycles. The van der Waals surface area contributed by atoms with Crippen molar-refractivity contribution >= 4 is 11.6 Å². The molecule has 112 valence electrons. The van der Waals surface area contributed by atoms with Gasteiger partial charge in [-0.05, 0) is 46.3 Å². The van der Waals surface area contributed by atoms with E-state index < -0.39 is 0 Å². The van der Waals surface area contributed by atoms with Crippen molar-refractivity contribution in [2.24, 2.45) is 0 Å². The predicted molar refractivity (Wildman–Crippen MR) is 93.0 cm³/mol. The van der Waals surface area contributed by atoms with Gasteiger partial charge in [0.25, 0.3) is 0 Å². The summed E-state index contributed by atoms with van der Waals surface area (Å²) in [5, 5.41) is 4.15. The third-order valence-corrected chi connectivity index (χ3v) is 4.06. The summed E-state index contributed by atoms with van der Waals surface area (Å²) < 4.78 is 0. The second kappa shape index (κ2) is 6.64. The zero-order chi connectivity index (χ0) is 15.5. The molecule has 0 aliphatic heterocycles. The highest BCUT2D eigenvalue weighted by Crippen LogP contribution is 2.28. The Morgan fingerprint density at radius 1 is 0.952 bits per heavy atom. The summed E-state index contributed by atoms with van der Waals surface area (Å²) in [5.41, 5.74) is 5.14. The van der Waals surface area contributed by atoms with Crippen LogP contribution >= 0.6 is 11.6 Å². The minimum Gasteiger partial charge on any atom is -0.313 e. The predicted octanol–water partition coefficient (Wildman–Crippen LogP) is 5.41. The highest BCUT2D eigenvalue weighted by Gasteiger charge is 2.13. The zero-order valence-corrected chi connectivity index (χ0v) is 14.1. The molecule has 0 unspecified atom stereocenters. The molecule has 0 atom stereocenters. The van der Waals surface area contributed by atoms with Crippen LogP contribution in [0.2, 0.25) is 5.02 Å². The Labute approximate surface area is 133 Å². The first kappa shape index (κ1) is 16.1. The third-order valence-electron chi connectivity index (χ3n) is 3.70. The molecule has 1 nitrogen and oxygen atoms in total. The van der Waals surface area contributed by atoms with Crippen molar-refractivity contribution in [3.63, 3.8) is 0 Å². The standard InChI is InChI=1S/C19H24ClN/c1-5-21-13-16-12-15(8-11-18(16)20)14-6-9-17(10-7-14)19(2,3)4/h6-12,21H,5,13H2,1-4H3. The van der Waals surface area contributed by atoms with Gasteiger partial charge in [0.2, 0.25) is 0 Å². The fraction of sp³-hybridized carbons (Fsp3) is 0.368. The molecule has 0 radical (unpaired) electrons.